The normalized spacial score (nSPS) is 12.5. The number of aliphatic hydroxyl groups excluding tert-OH is 1. The monoisotopic (exact) mass is 397 g/mol. The standard InChI is InChI=1S/C22H23NO4S/c24-21(17-23-16-15-18-9-3-1-4-10-18)20-13-7-8-14-22(20)27-28(25,26)19-11-5-2-6-12-19/h1-14,21,23-24H,15-17H2/t21-/m1/s1. The molecule has 1 atom stereocenters. The molecule has 28 heavy (non-hydrogen) atoms. The molecule has 0 bridgehead atoms. The molecule has 0 radical (unpaired) electrons. The van der Waals surface area contributed by atoms with E-state index in [0.29, 0.717) is 18.7 Å². The number of para-hydroxylation sites is 1. The second kappa shape index (κ2) is 9.50. The van der Waals surface area contributed by atoms with Crippen molar-refractivity contribution in [3.8, 4) is 5.75 Å². The van der Waals surface area contributed by atoms with Crippen molar-refractivity contribution in [3.63, 3.8) is 0 Å². The average molecular weight is 397 g/mol. The van der Waals surface area contributed by atoms with E-state index >= 15 is 0 Å². The van der Waals surface area contributed by atoms with Gasteiger partial charge in [0.05, 0.1) is 6.10 Å². The molecule has 0 aliphatic carbocycles. The Morgan fingerprint density at radius 3 is 2.18 bits per heavy atom. The van der Waals surface area contributed by atoms with Gasteiger partial charge in [0.2, 0.25) is 0 Å². The van der Waals surface area contributed by atoms with Crippen LogP contribution in [-0.2, 0) is 16.5 Å². The second-order valence-electron chi connectivity index (χ2n) is 6.34. The van der Waals surface area contributed by atoms with Gasteiger partial charge >= 0.3 is 10.1 Å². The Balaban J connectivity index is 1.63. The third kappa shape index (κ3) is 5.42. The number of nitrogens with one attached hydrogen (secondary N) is 1. The van der Waals surface area contributed by atoms with Crippen molar-refractivity contribution in [1.29, 1.82) is 0 Å². The zero-order valence-electron chi connectivity index (χ0n) is 15.4. The van der Waals surface area contributed by atoms with Crippen LogP contribution in [0.1, 0.15) is 17.2 Å². The van der Waals surface area contributed by atoms with Gasteiger partial charge in [-0.05, 0) is 36.7 Å². The summed E-state index contributed by atoms with van der Waals surface area (Å²) in [5.74, 6) is 0.128. The summed E-state index contributed by atoms with van der Waals surface area (Å²) in [6.07, 6.45) is -0.0494. The first-order valence-corrected chi connectivity index (χ1v) is 10.5. The summed E-state index contributed by atoms with van der Waals surface area (Å²) in [7, 11) is -3.96. The third-order valence-corrected chi connectivity index (χ3v) is 5.53. The van der Waals surface area contributed by atoms with E-state index in [1.807, 2.05) is 18.2 Å². The van der Waals surface area contributed by atoms with Gasteiger partial charge in [0.25, 0.3) is 0 Å². The predicted molar refractivity (Wildman–Crippen MR) is 109 cm³/mol. The van der Waals surface area contributed by atoms with E-state index < -0.39 is 16.2 Å². The van der Waals surface area contributed by atoms with Crippen LogP contribution in [0.4, 0.5) is 0 Å². The fourth-order valence-corrected chi connectivity index (χ4v) is 3.79. The number of hydrogen-bond acceptors (Lipinski definition) is 5. The minimum Gasteiger partial charge on any atom is -0.387 e. The molecule has 0 aliphatic rings. The highest BCUT2D eigenvalue weighted by Gasteiger charge is 2.20. The summed E-state index contributed by atoms with van der Waals surface area (Å²) in [5.41, 5.74) is 1.64. The van der Waals surface area contributed by atoms with E-state index in [4.69, 9.17) is 4.18 Å². The molecule has 0 aliphatic heterocycles. The van der Waals surface area contributed by atoms with E-state index in [0.717, 1.165) is 6.42 Å². The zero-order chi connectivity index (χ0) is 19.8. The van der Waals surface area contributed by atoms with Crippen LogP contribution in [0.25, 0.3) is 0 Å². The van der Waals surface area contributed by atoms with E-state index in [9.17, 15) is 13.5 Å². The minimum absolute atomic E-state index is 0.0697. The topological polar surface area (TPSA) is 75.6 Å². The summed E-state index contributed by atoms with van der Waals surface area (Å²) in [6.45, 7) is 0.991. The van der Waals surface area contributed by atoms with Gasteiger partial charge in [0, 0.05) is 12.1 Å². The van der Waals surface area contributed by atoms with E-state index in [-0.39, 0.29) is 10.6 Å². The lowest BCUT2D eigenvalue weighted by molar-refractivity contribution is 0.173. The van der Waals surface area contributed by atoms with E-state index in [1.165, 1.54) is 17.7 Å². The Kier molecular flexibility index (Phi) is 6.81. The van der Waals surface area contributed by atoms with E-state index in [1.54, 1.807) is 42.5 Å². The van der Waals surface area contributed by atoms with Gasteiger partial charge < -0.3 is 14.6 Å². The molecule has 0 heterocycles. The maximum absolute atomic E-state index is 12.5. The molecule has 0 saturated carbocycles. The van der Waals surface area contributed by atoms with Crippen LogP contribution >= 0.6 is 0 Å². The van der Waals surface area contributed by atoms with Crippen LogP contribution in [0.2, 0.25) is 0 Å². The molecule has 3 aromatic carbocycles. The van der Waals surface area contributed by atoms with Gasteiger partial charge in [-0.1, -0.05) is 66.7 Å². The number of rotatable bonds is 9. The predicted octanol–water partition coefficient (Wildman–Crippen LogP) is 3.32. The highest BCUT2D eigenvalue weighted by Crippen LogP contribution is 2.27. The average Bonchev–Trinajstić information content (AvgIpc) is 2.72. The highest BCUT2D eigenvalue weighted by atomic mass is 32.2. The molecule has 6 heteroatoms. The SMILES string of the molecule is O=S(=O)(Oc1ccccc1[C@H](O)CNCCc1ccccc1)c1ccccc1. The quantitative estimate of drug-likeness (QED) is 0.428. The van der Waals surface area contributed by atoms with E-state index in [2.05, 4.69) is 17.4 Å². The molecule has 0 saturated heterocycles. The third-order valence-electron chi connectivity index (χ3n) is 4.28. The maximum Gasteiger partial charge on any atom is 0.339 e. The Morgan fingerprint density at radius 2 is 1.46 bits per heavy atom. The fourth-order valence-electron chi connectivity index (χ4n) is 2.81. The molecule has 0 unspecified atom stereocenters. The molecular weight excluding hydrogens is 374 g/mol. The molecule has 146 valence electrons. The highest BCUT2D eigenvalue weighted by molar-refractivity contribution is 7.87. The first-order valence-electron chi connectivity index (χ1n) is 9.07. The lowest BCUT2D eigenvalue weighted by Crippen LogP contribution is -2.24. The first-order chi connectivity index (χ1) is 13.6. The Morgan fingerprint density at radius 1 is 0.857 bits per heavy atom. The molecule has 0 aromatic heterocycles. The summed E-state index contributed by atoms with van der Waals surface area (Å²) in [4.78, 5) is 0.0697. The van der Waals surface area contributed by atoms with Crippen molar-refractivity contribution in [2.45, 2.75) is 17.4 Å². The first kappa shape index (κ1) is 20.1. The molecular formula is C22H23NO4S. The zero-order valence-corrected chi connectivity index (χ0v) is 16.2. The molecule has 0 spiro atoms. The van der Waals surface area contributed by atoms with Gasteiger partial charge in [0.1, 0.15) is 10.6 Å². The Hall–Kier alpha value is -2.67. The largest absolute Gasteiger partial charge is 0.387 e. The van der Waals surface area contributed by atoms with Gasteiger partial charge in [-0.25, -0.2) is 0 Å². The van der Waals surface area contributed by atoms with Crippen molar-refractivity contribution in [1.82, 2.24) is 5.32 Å². The number of aliphatic hydroxyl groups is 1. The van der Waals surface area contributed by atoms with Crippen LogP contribution in [0, 0.1) is 0 Å². The smallest absolute Gasteiger partial charge is 0.339 e. The van der Waals surface area contributed by atoms with Crippen molar-refractivity contribution in [2.24, 2.45) is 0 Å². The van der Waals surface area contributed by atoms with Crippen molar-refractivity contribution in [3.05, 3.63) is 96.1 Å². The Labute approximate surface area is 165 Å². The van der Waals surface area contributed by atoms with Gasteiger partial charge in [0.15, 0.2) is 0 Å². The molecule has 2 N–H and O–H groups in total. The van der Waals surface area contributed by atoms with Crippen molar-refractivity contribution >= 4 is 10.1 Å². The lowest BCUT2D eigenvalue weighted by atomic mass is 10.1. The molecule has 5 nitrogen and oxygen atoms in total. The Bertz CT molecular complexity index is 976. The second-order valence-corrected chi connectivity index (χ2v) is 7.89. The molecule has 0 fully saturated rings. The van der Waals surface area contributed by atoms with Crippen LogP contribution in [-0.4, -0.2) is 26.6 Å². The number of hydrogen-bond donors (Lipinski definition) is 2. The van der Waals surface area contributed by atoms with Gasteiger partial charge in [-0.2, -0.15) is 8.42 Å². The van der Waals surface area contributed by atoms with Gasteiger partial charge in [-0.15, -0.1) is 0 Å². The van der Waals surface area contributed by atoms with Crippen LogP contribution in [0.15, 0.2) is 89.8 Å². The van der Waals surface area contributed by atoms with Crippen LogP contribution < -0.4 is 9.50 Å². The summed E-state index contributed by atoms with van der Waals surface area (Å²) in [5, 5.41) is 13.7. The molecule has 3 rings (SSSR count). The van der Waals surface area contributed by atoms with Crippen molar-refractivity contribution in [2.75, 3.05) is 13.1 Å². The van der Waals surface area contributed by atoms with Gasteiger partial charge in [-0.3, -0.25) is 0 Å². The van der Waals surface area contributed by atoms with Crippen molar-refractivity contribution < 1.29 is 17.7 Å². The number of benzene rings is 3. The maximum atomic E-state index is 12.5. The van der Waals surface area contributed by atoms with Crippen LogP contribution in [0.5, 0.6) is 5.75 Å². The molecule has 3 aromatic rings. The van der Waals surface area contributed by atoms with Crippen LogP contribution in [0.3, 0.4) is 0 Å². The molecule has 0 amide bonds. The lowest BCUT2D eigenvalue weighted by Gasteiger charge is -2.16. The minimum atomic E-state index is -3.96. The summed E-state index contributed by atoms with van der Waals surface area (Å²) in [6, 6.07) is 24.6. The summed E-state index contributed by atoms with van der Waals surface area (Å²) < 4.78 is 30.2. The summed E-state index contributed by atoms with van der Waals surface area (Å²) >= 11 is 0. The fraction of sp³-hybridized carbons (Fsp3) is 0.182.